The molecule has 0 saturated carbocycles. The highest BCUT2D eigenvalue weighted by Gasteiger charge is 2.10. The van der Waals surface area contributed by atoms with Crippen molar-refractivity contribution in [3.8, 4) is 5.75 Å². The summed E-state index contributed by atoms with van der Waals surface area (Å²) < 4.78 is 6.83. The third kappa shape index (κ3) is 5.54. The molecule has 0 aliphatic heterocycles. The van der Waals surface area contributed by atoms with Crippen LogP contribution in [0.25, 0.3) is 10.2 Å². The summed E-state index contributed by atoms with van der Waals surface area (Å²) >= 11 is 1.49. The van der Waals surface area contributed by atoms with Crippen molar-refractivity contribution in [1.82, 2.24) is 4.98 Å². The predicted molar refractivity (Wildman–Crippen MR) is 113 cm³/mol. The minimum Gasteiger partial charge on any atom is -0.494 e. The molecule has 1 N–H and O–H groups in total. The Kier molecular flexibility index (Phi) is 6.82. The molecule has 0 atom stereocenters. The summed E-state index contributed by atoms with van der Waals surface area (Å²) in [6, 6.07) is 13.4. The molecule has 0 aliphatic rings. The average Bonchev–Trinajstić information content (AvgIpc) is 3.06. The van der Waals surface area contributed by atoms with Gasteiger partial charge in [0.05, 0.1) is 16.8 Å². The Hall–Kier alpha value is -2.40. The molecule has 0 radical (unpaired) electrons. The third-order valence-corrected chi connectivity index (χ3v) is 5.33. The number of hydrogen-bond donors (Lipinski definition) is 1. The van der Waals surface area contributed by atoms with Gasteiger partial charge in [0, 0.05) is 5.56 Å². The number of carbonyl (C=O) groups is 1. The molecule has 1 heterocycles. The zero-order valence-electron chi connectivity index (χ0n) is 16.0. The van der Waals surface area contributed by atoms with Crippen molar-refractivity contribution in [1.29, 1.82) is 0 Å². The number of carbonyl (C=O) groups excluding carboxylic acids is 1. The predicted octanol–water partition coefficient (Wildman–Crippen LogP) is 6.21. The van der Waals surface area contributed by atoms with E-state index >= 15 is 0 Å². The number of benzene rings is 2. The smallest absolute Gasteiger partial charge is 0.257 e. The summed E-state index contributed by atoms with van der Waals surface area (Å²) in [6.45, 7) is 4.98. The van der Waals surface area contributed by atoms with E-state index in [2.05, 4.69) is 23.3 Å². The third-order valence-electron chi connectivity index (χ3n) is 4.40. The van der Waals surface area contributed by atoms with Crippen LogP contribution in [-0.4, -0.2) is 17.5 Å². The summed E-state index contributed by atoms with van der Waals surface area (Å²) in [6.07, 6.45) is 6.08. The average molecular weight is 383 g/mol. The number of rotatable bonds is 9. The Bertz CT molecular complexity index is 887. The number of amides is 1. The highest BCUT2D eigenvalue weighted by molar-refractivity contribution is 7.22. The number of anilines is 1. The second-order valence-electron chi connectivity index (χ2n) is 6.73. The fourth-order valence-electron chi connectivity index (χ4n) is 2.85. The van der Waals surface area contributed by atoms with Gasteiger partial charge in [0.1, 0.15) is 5.75 Å². The lowest BCUT2D eigenvalue weighted by molar-refractivity contribution is 0.102. The van der Waals surface area contributed by atoms with Crippen LogP contribution in [-0.2, 0) is 0 Å². The van der Waals surface area contributed by atoms with Gasteiger partial charge in [0.2, 0.25) is 0 Å². The zero-order chi connectivity index (χ0) is 19.1. The zero-order valence-corrected chi connectivity index (χ0v) is 16.8. The molecule has 1 aromatic heterocycles. The van der Waals surface area contributed by atoms with E-state index in [4.69, 9.17) is 4.74 Å². The first-order chi connectivity index (χ1) is 13.2. The number of thiazole rings is 1. The Morgan fingerprint density at radius 3 is 2.63 bits per heavy atom. The van der Waals surface area contributed by atoms with Crippen molar-refractivity contribution in [2.24, 2.45) is 0 Å². The minimum atomic E-state index is -0.156. The maximum absolute atomic E-state index is 12.4. The number of aromatic nitrogens is 1. The van der Waals surface area contributed by atoms with Gasteiger partial charge in [-0.2, -0.15) is 0 Å². The summed E-state index contributed by atoms with van der Waals surface area (Å²) in [4.78, 5) is 16.9. The van der Waals surface area contributed by atoms with Crippen molar-refractivity contribution in [2.45, 2.75) is 46.0 Å². The quantitative estimate of drug-likeness (QED) is 0.448. The SMILES string of the molecule is CCCCCCCOc1ccc(C(=O)Nc2nc3ccc(C)cc3s2)cc1. The van der Waals surface area contributed by atoms with Gasteiger partial charge in [-0.25, -0.2) is 4.98 Å². The molecule has 142 valence electrons. The van der Waals surface area contributed by atoms with E-state index in [1.54, 1.807) is 12.1 Å². The molecule has 3 aromatic rings. The minimum absolute atomic E-state index is 0.156. The summed E-state index contributed by atoms with van der Waals surface area (Å²) in [5, 5.41) is 3.50. The maximum atomic E-state index is 12.4. The van der Waals surface area contributed by atoms with Crippen molar-refractivity contribution in [2.75, 3.05) is 11.9 Å². The molecule has 4 nitrogen and oxygen atoms in total. The first-order valence-electron chi connectivity index (χ1n) is 9.57. The molecular formula is C22H26N2O2S. The van der Waals surface area contributed by atoms with Crippen molar-refractivity contribution in [3.05, 3.63) is 53.6 Å². The number of hydrogen-bond acceptors (Lipinski definition) is 4. The van der Waals surface area contributed by atoms with Crippen LogP contribution in [0.3, 0.4) is 0 Å². The van der Waals surface area contributed by atoms with Gasteiger partial charge in [-0.3, -0.25) is 10.1 Å². The molecule has 0 fully saturated rings. The Morgan fingerprint density at radius 1 is 1.07 bits per heavy atom. The van der Waals surface area contributed by atoms with E-state index < -0.39 is 0 Å². The highest BCUT2D eigenvalue weighted by Crippen LogP contribution is 2.27. The van der Waals surface area contributed by atoms with Crippen LogP contribution in [0.5, 0.6) is 5.75 Å². The molecule has 5 heteroatoms. The summed E-state index contributed by atoms with van der Waals surface area (Å²) in [7, 11) is 0. The van der Waals surface area contributed by atoms with Crippen molar-refractivity contribution >= 4 is 32.6 Å². The van der Waals surface area contributed by atoms with Crippen molar-refractivity contribution < 1.29 is 9.53 Å². The van der Waals surface area contributed by atoms with Crippen LogP contribution in [0.4, 0.5) is 5.13 Å². The van der Waals surface area contributed by atoms with Gasteiger partial charge >= 0.3 is 0 Å². The molecule has 0 aliphatic carbocycles. The van der Waals surface area contributed by atoms with Crippen LogP contribution in [0.15, 0.2) is 42.5 Å². The largest absolute Gasteiger partial charge is 0.494 e. The number of nitrogens with zero attached hydrogens (tertiary/aromatic N) is 1. The lowest BCUT2D eigenvalue weighted by atomic mass is 10.2. The lowest BCUT2D eigenvalue weighted by Crippen LogP contribution is -2.11. The van der Waals surface area contributed by atoms with E-state index in [0.717, 1.165) is 29.0 Å². The molecule has 27 heavy (non-hydrogen) atoms. The normalized spacial score (nSPS) is 10.9. The van der Waals surface area contributed by atoms with Crippen LogP contribution < -0.4 is 10.1 Å². The Morgan fingerprint density at radius 2 is 1.85 bits per heavy atom. The number of aryl methyl sites for hydroxylation is 1. The van der Waals surface area contributed by atoms with E-state index in [1.807, 2.05) is 31.2 Å². The van der Waals surface area contributed by atoms with Gasteiger partial charge in [-0.1, -0.05) is 50.0 Å². The fourth-order valence-corrected chi connectivity index (χ4v) is 3.81. The van der Waals surface area contributed by atoms with E-state index in [-0.39, 0.29) is 5.91 Å². The van der Waals surface area contributed by atoms with E-state index in [9.17, 15) is 4.79 Å². The van der Waals surface area contributed by atoms with Crippen LogP contribution >= 0.6 is 11.3 Å². The molecule has 0 spiro atoms. The first kappa shape index (κ1) is 19.4. The molecule has 0 bridgehead atoms. The van der Waals surface area contributed by atoms with Crippen LogP contribution in [0.2, 0.25) is 0 Å². The standard InChI is InChI=1S/C22H26N2O2S/c1-3-4-5-6-7-14-26-18-11-9-17(10-12-18)21(25)24-22-23-19-13-8-16(2)15-20(19)27-22/h8-13,15H,3-7,14H2,1-2H3,(H,23,24,25). The molecular weight excluding hydrogens is 356 g/mol. The molecule has 2 aromatic carbocycles. The van der Waals surface area contributed by atoms with Gasteiger partial charge in [0.15, 0.2) is 5.13 Å². The van der Waals surface area contributed by atoms with Crippen LogP contribution in [0.1, 0.15) is 54.9 Å². The maximum Gasteiger partial charge on any atom is 0.257 e. The highest BCUT2D eigenvalue weighted by atomic mass is 32.1. The Labute approximate surface area is 164 Å². The lowest BCUT2D eigenvalue weighted by Gasteiger charge is -2.07. The van der Waals surface area contributed by atoms with Crippen molar-refractivity contribution in [3.63, 3.8) is 0 Å². The van der Waals surface area contributed by atoms with E-state index in [0.29, 0.717) is 10.7 Å². The van der Waals surface area contributed by atoms with Gasteiger partial charge in [-0.15, -0.1) is 0 Å². The molecule has 3 rings (SSSR count). The number of nitrogens with one attached hydrogen (secondary N) is 1. The topological polar surface area (TPSA) is 51.2 Å². The first-order valence-corrected chi connectivity index (χ1v) is 10.4. The van der Waals surface area contributed by atoms with Crippen LogP contribution in [0, 0.1) is 6.92 Å². The second kappa shape index (κ2) is 9.51. The number of ether oxygens (including phenoxy) is 1. The van der Waals surface area contributed by atoms with Gasteiger partial charge < -0.3 is 4.74 Å². The molecule has 0 saturated heterocycles. The summed E-state index contributed by atoms with van der Waals surface area (Å²) in [5.74, 6) is 0.648. The Balaban J connectivity index is 1.52. The number of unbranched alkanes of at least 4 members (excludes halogenated alkanes) is 4. The summed E-state index contributed by atoms with van der Waals surface area (Å²) in [5.41, 5.74) is 2.69. The second-order valence-corrected chi connectivity index (χ2v) is 7.76. The fraction of sp³-hybridized carbons (Fsp3) is 0.364. The van der Waals surface area contributed by atoms with E-state index in [1.165, 1.54) is 42.6 Å². The monoisotopic (exact) mass is 382 g/mol. The van der Waals surface area contributed by atoms with Gasteiger partial charge in [-0.05, 0) is 55.3 Å². The molecule has 0 unspecified atom stereocenters. The number of fused-ring (bicyclic) bond motifs is 1. The molecule has 1 amide bonds. The van der Waals surface area contributed by atoms with Gasteiger partial charge in [0.25, 0.3) is 5.91 Å².